The van der Waals surface area contributed by atoms with E-state index in [4.69, 9.17) is 5.73 Å². The highest BCUT2D eigenvalue weighted by molar-refractivity contribution is 5.75. The monoisotopic (exact) mass is 229 g/mol. The first kappa shape index (κ1) is 13.4. The van der Waals surface area contributed by atoms with Gasteiger partial charge in [0.05, 0.1) is 7.11 Å². The van der Waals surface area contributed by atoms with E-state index >= 15 is 0 Å². The SMILES string of the molecule is COC(=O)C(N)CN1CC(C)C(N(C)C)C1. The van der Waals surface area contributed by atoms with E-state index in [1.54, 1.807) is 0 Å². The lowest BCUT2D eigenvalue weighted by atomic mass is 10.1. The van der Waals surface area contributed by atoms with Crippen molar-refractivity contribution in [2.24, 2.45) is 11.7 Å². The molecule has 0 spiro atoms. The Kier molecular flexibility index (Phi) is 4.70. The van der Waals surface area contributed by atoms with Crippen molar-refractivity contribution in [3.8, 4) is 0 Å². The zero-order valence-corrected chi connectivity index (χ0v) is 10.6. The summed E-state index contributed by atoms with van der Waals surface area (Å²) in [4.78, 5) is 15.7. The molecule has 1 fully saturated rings. The smallest absolute Gasteiger partial charge is 0.323 e. The van der Waals surface area contributed by atoms with E-state index in [9.17, 15) is 4.79 Å². The van der Waals surface area contributed by atoms with Gasteiger partial charge < -0.3 is 15.4 Å². The Morgan fingerprint density at radius 2 is 2.19 bits per heavy atom. The van der Waals surface area contributed by atoms with Gasteiger partial charge in [-0.3, -0.25) is 9.69 Å². The van der Waals surface area contributed by atoms with Crippen molar-refractivity contribution in [3.05, 3.63) is 0 Å². The predicted octanol–water partition coefficient (Wildman–Crippen LogP) is -0.631. The Labute approximate surface area is 97.5 Å². The summed E-state index contributed by atoms with van der Waals surface area (Å²) in [7, 11) is 5.55. The zero-order chi connectivity index (χ0) is 12.3. The van der Waals surface area contributed by atoms with E-state index in [1.807, 2.05) is 0 Å². The second kappa shape index (κ2) is 5.61. The number of rotatable bonds is 4. The minimum Gasteiger partial charge on any atom is -0.468 e. The van der Waals surface area contributed by atoms with E-state index < -0.39 is 6.04 Å². The van der Waals surface area contributed by atoms with Gasteiger partial charge in [0.15, 0.2) is 0 Å². The third kappa shape index (κ3) is 3.17. The predicted molar refractivity (Wildman–Crippen MR) is 63.1 cm³/mol. The normalized spacial score (nSPS) is 28.4. The summed E-state index contributed by atoms with van der Waals surface area (Å²) >= 11 is 0. The van der Waals surface area contributed by atoms with Gasteiger partial charge in [-0.15, -0.1) is 0 Å². The van der Waals surface area contributed by atoms with Crippen molar-refractivity contribution in [1.29, 1.82) is 0 Å². The van der Waals surface area contributed by atoms with Crippen LogP contribution in [0.3, 0.4) is 0 Å². The molecule has 2 N–H and O–H groups in total. The van der Waals surface area contributed by atoms with Crippen LogP contribution in [0.1, 0.15) is 6.92 Å². The average molecular weight is 229 g/mol. The largest absolute Gasteiger partial charge is 0.468 e. The molecular formula is C11H23N3O2. The van der Waals surface area contributed by atoms with Gasteiger partial charge in [-0.1, -0.05) is 6.92 Å². The van der Waals surface area contributed by atoms with Gasteiger partial charge in [0, 0.05) is 25.7 Å². The van der Waals surface area contributed by atoms with E-state index in [-0.39, 0.29) is 5.97 Å². The van der Waals surface area contributed by atoms with Crippen molar-refractivity contribution < 1.29 is 9.53 Å². The van der Waals surface area contributed by atoms with E-state index in [0.29, 0.717) is 18.5 Å². The van der Waals surface area contributed by atoms with Crippen molar-refractivity contribution in [2.75, 3.05) is 40.8 Å². The molecule has 1 heterocycles. The molecule has 0 aliphatic carbocycles. The average Bonchev–Trinajstić information content (AvgIpc) is 2.58. The second-order valence-corrected chi connectivity index (χ2v) is 4.86. The molecule has 0 saturated carbocycles. The topological polar surface area (TPSA) is 58.8 Å². The number of likely N-dealkylation sites (tertiary alicyclic amines) is 1. The number of esters is 1. The van der Waals surface area contributed by atoms with Crippen LogP contribution < -0.4 is 5.73 Å². The van der Waals surface area contributed by atoms with Gasteiger partial charge in [0.25, 0.3) is 0 Å². The van der Waals surface area contributed by atoms with E-state index in [1.165, 1.54) is 7.11 Å². The first-order valence-electron chi connectivity index (χ1n) is 5.68. The molecule has 1 aliphatic heterocycles. The maximum atomic E-state index is 11.2. The Hall–Kier alpha value is -0.650. The number of ether oxygens (including phenoxy) is 1. The van der Waals surface area contributed by atoms with E-state index in [2.05, 4.69) is 35.6 Å². The highest BCUT2D eigenvalue weighted by atomic mass is 16.5. The minimum atomic E-state index is -0.530. The third-order valence-electron chi connectivity index (χ3n) is 3.27. The number of carbonyl (C=O) groups excluding carboxylic acids is 1. The number of carbonyl (C=O) groups is 1. The highest BCUT2D eigenvalue weighted by Gasteiger charge is 2.32. The fourth-order valence-electron chi connectivity index (χ4n) is 2.37. The van der Waals surface area contributed by atoms with Gasteiger partial charge >= 0.3 is 5.97 Å². The third-order valence-corrected chi connectivity index (χ3v) is 3.27. The summed E-state index contributed by atoms with van der Waals surface area (Å²) in [5, 5.41) is 0. The van der Waals surface area contributed by atoms with Gasteiger partial charge in [0.1, 0.15) is 6.04 Å². The Balaban J connectivity index is 2.44. The van der Waals surface area contributed by atoms with Crippen molar-refractivity contribution >= 4 is 5.97 Å². The molecule has 94 valence electrons. The Bertz CT molecular complexity index is 245. The summed E-state index contributed by atoms with van der Waals surface area (Å²) in [5.41, 5.74) is 5.74. The number of nitrogens with two attached hydrogens (primary N) is 1. The van der Waals surface area contributed by atoms with Crippen LogP contribution in [0.2, 0.25) is 0 Å². The second-order valence-electron chi connectivity index (χ2n) is 4.86. The summed E-state index contributed by atoms with van der Waals surface area (Å²) in [6.07, 6.45) is 0. The molecule has 1 aliphatic rings. The standard InChI is InChI=1S/C11H23N3O2/c1-8-5-14(7-10(8)13(2)3)6-9(12)11(15)16-4/h8-10H,5-7,12H2,1-4H3. The van der Waals surface area contributed by atoms with Crippen LogP contribution in [0.5, 0.6) is 0 Å². The molecule has 16 heavy (non-hydrogen) atoms. The fraction of sp³-hybridized carbons (Fsp3) is 0.909. The van der Waals surface area contributed by atoms with Gasteiger partial charge in [-0.25, -0.2) is 0 Å². The molecule has 3 atom stereocenters. The Morgan fingerprint density at radius 3 is 2.62 bits per heavy atom. The van der Waals surface area contributed by atoms with Crippen LogP contribution in [-0.4, -0.2) is 68.7 Å². The minimum absolute atomic E-state index is 0.332. The summed E-state index contributed by atoms with van der Waals surface area (Å²) in [6.45, 7) is 4.78. The number of hydrogen-bond donors (Lipinski definition) is 1. The van der Waals surface area contributed by atoms with Crippen LogP contribution in [0, 0.1) is 5.92 Å². The van der Waals surface area contributed by atoms with Gasteiger partial charge in [-0.2, -0.15) is 0 Å². The first-order chi connectivity index (χ1) is 7.45. The molecule has 1 saturated heterocycles. The number of likely N-dealkylation sites (N-methyl/N-ethyl adjacent to an activating group) is 1. The molecule has 0 bridgehead atoms. The van der Waals surface area contributed by atoms with Crippen LogP contribution in [0.25, 0.3) is 0 Å². The first-order valence-corrected chi connectivity index (χ1v) is 5.68. The van der Waals surface area contributed by atoms with Gasteiger partial charge in [-0.05, 0) is 20.0 Å². The van der Waals surface area contributed by atoms with Crippen LogP contribution in [0.4, 0.5) is 0 Å². The summed E-state index contributed by atoms with van der Waals surface area (Å²) < 4.78 is 4.62. The maximum Gasteiger partial charge on any atom is 0.323 e. The van der Waals surface area contributed by atoms with Crippen molar-refractivity contribution in [2.45, 2.75) is 19.0 Å². The van der Waals surface area contributed by atoms with Crippen LogP contribution in [0.15, 0.2) is 0 Å². The zero-order valence-electron chi connectivity index (χ0n) is 10.6. The lowest BCUT2D eigenvalue weighted by Crippen LogP contribution is -2.43. The molecular weight excluding hydrogens is 206 g/mol. The van der Waals surface area contributed by atoms with E-state index in [0.717, 1.165) is 13.1 Å². The molecule has 5 heteroatoms. The Morgan fingerprint density at radius 1 is 1.56 bits per heavy atom. The number of hydrogen-bond acceptors (Lipinski definition) is 5. The molecule has 0 aromatic carbocycles. The molecule has 0 radical (unpaired) electrons. The molecule has 3 unspecified atom stereocenters. The lowest BCUT2D eigenvalue weighted by Gasteiger charge is -2.23. The van der Waals surface area contributed by atoms with Crippen LogP contribution >= 0.6 is 0 Å². The summed E-state index contributed by atoms with van der Waals surface area (Å²) in [5.74, 6) is 0.279. The molecule has 5 nitrogen and oxygen atoms in total. The van der Waals surface area contributed by atoms with Crippen molar-refractivity contribution in [1.82, 2.24) is 9.80 Å². The molecule has 0 aromatic heterocycles. The van der Waals surface area contributed by atoms with Crippen LogP contribution in [-0.2, 0) is 9.53 Å². The molecule has 0 aromatic rings. The number of nitrogens with zero attached hydrogens (tertiary/aromatic N) is 2. The quantitative estimate of drug-likeness (QED) is 0.650. The summed E-state index contributed by atoms with van der Waals surface area (Å²) in [6, 6.07) is 0.0166. The molecule has 0 amide bonds. The maximum absolute atomic E-state index is 11.2. The van der Waals surface area contributed by atoms with Crippen molar-refractivity contribution in [3.63, 3.8) is 0 Å². The fourth-order valence-corrected chi connectivity index (χ4v) is 2.37. The molecule has 1 rings (SSSR count). The lowest BCUT2D eigenvalue weighted by molar-refractivity contribution is -0.142. The van der Waals surface area contributed by atoms with Gasteiger partial charge in [0.2, 0.25) is 0 Å². The highest BCUT2D eigenvalue weighted by Crippen LogP contribution is 2.19. The number of methoxy groups -OCH3 is 1.